The molecule has 0 aliphatic carbocycles. The molecule has 2 aromatic heterocycles. The summed E-state index contributed by atoms with van der Waals surface area (Å²) in [6.07, 6.45) is 7.14. The van der Waals surface area contributed by atoms with Crippen molar-refractivity contribution >= 4 is 11.8 Å². The van der Waals surface area contributed by atoms with E-state index in [9.17, 15) is 0 Å². The number of nitrogens with one attached hydrogen (secondary N) is 1. The van der Waals surface area contributed by atoms with E-state index >= 15 is 0 Å². The first-order chi connectivity index (χ1) is 12.3. The zero-order valence-electron chi connectivity index (χ0n) is 14.7. The maximum absolute atomic E-state index is 5.74. The first-order valence-corrected chi connectivity index (χ1v) is 9.12. The topological polar surface area (TPSA) is 63.2 Å². The van der Waals surface area contributed by atoms with Crippen LogP contribution in [0, 0.1) is 12.8 Å². The van der Waals surface area contributed by atoms with Crippen LogP contribution in [0.25, 0.3) is 0 Å². The van der Waals surface area contributed by atoms with E-state index in [0.717, 1.165) is 50.2 Å². The smallest absolute Gasteiger partial charge is 0.227 e. The van der Waals surface area contributed by atoms with E-state index in [2.05, 4.69) is 32.3 Å². The van der Waals surface area contributed by atoms with Crippen LogP contribution in [0.3, 0.4) is 0 Å². The molecule has 0 radical (unpaired) electrons. The highest BCUT2D eigenvalue weighted by molar-refractivity contribution is 5.45. The van der Waals surface area contributed by atoms with Gasteiger partial charge in [0.2, 0.25) is 5.95 Å². The third kappa shape index (κ3) is 3.90. The van der Waals surface area contributed by atoms with Gasteiger partial charge in [0.1, 0.15) is 5.82 Å². The molecular weight excluding hydrogens is 314 g/mol. The van der Waals surface area contributed by atoms with Gasteiger partial charge in [-0.1, -0.05) is 0 Å². The lowest BCUT2D eigenvalue weighted by atomic mass is 9.95. The van der Waals surface area contributed by atoms with Crippen molar-refractivity contribution in [2.24, 2.45) is 5.92 Å². The molecule has 0 amide bonds. The molecule has 4 heterocycles. The van der Waals surface area contributed by atoms with Gasteiger partial charge in [-0.05, 0) is 43.9 Å². The summed E-state index contributed by atoms with van der Waals surface area (Å²) in [5.74, 6) is 2.20. The average Bonchev–Trinajstić information content (AvgIpc) is 3.28. The molecule has 2 atom stereocenters. The van der Waals surface area contributed by atoms with E-state index in [1.165, 1.54) is 18.4 Å². The number of hydrogen-bond donors (Lipinski definition) is 1. The molecule has 6 heteroatoms. The molecule has 2 unspecified atom stereocenters. The second kappa shape index (κ2) is 7.35. The Morgan fingerprint density at radius 3 is 2.76 bits per heavy atom. The van der Waals surface area contributed by atoms with Gasteiger partial charge in [-0.15, -0.1) is 0 Å². The molecular formula is C19H25N5O. The first kappa shape index (κ1) is 16.3. The highest BCUT2D eigenvalue weighted by Crippen LogP contribution is 2.24. The van der Waals surface area contributed by atoms with E-state index < -0.39 is 0 Å². The van der Waals surface area contributed by atoms with Crippen LogP contribution in [0.4, 0.5) is 11.8 Å². The molecule has 6 nitrogen and oxygen atoms in total. The lowest BCUT2D eigenvalue weighted by Gasteiger charge is -2.21. The molecule has 132 valence electrons. The van der Waals surface area contributed by atoms with E-state index in [0.29, 0.717) is 5.92 Å². The molecule has 2 saturated heterocycles. The van der Waals surface area contributed by atoms with Crippen molar-refractivity contribution in [1.29, 1.82) is 0 Å². The number of aromatic nitrogens is 3. The minimum absolute atomic E-state index is 0.272. The first-order valence-electron chi connectivity index (χ1n) is 9.12. The highest BCUT2D eigenvalue weighted by atomic mass is 16.5. The van der Waals surface area contributed by atoms with Crippen molar-refractivity contribution in [1.82, 2.24) is 15.0 Å². The number of aryl methyl sites for hydroxylation is 1. The molecule has 0 aromatic carbocycles. The van der Waals surface area contributed by atoms with E-state index in [-0.39, 0.29) is 6.04 Å². The third-order valence-electron chi connectivity index (χ3n) is 5.01. The van der Waals surface area contributed by atoms with Crippen LogP contribution >= 0.6 is 0 Å². The van der Waals surface area contributed by atoms with Gasteiger partial charge in [0.05, 0.1) is 19.3 Å². The summed E-state index contributed by atoms with van der Waals surface area (Å²) in [4.78, 5) is 15.7. The van der Waals surface area contributed by atoms with Gasteiger partial charge in [-0.2, -0.15) is 4.98 Å². The van der Waals surface area contributed by atoms with Crippen molar-refractivity contribution in [2.75, 3.05) is 36.5 Å². The average molecular weight is 339 g/mol. The summed E-state index contributed by atoms with van der Waals surface area (Å²) < 4.78 is 5.74. The van der Waals surface area contributed by atoms with Crippen molar-refractivity contribution in [3.63, 3.8) is 0 Å². The maximum atomic E-state index is 5.74. The predicted molar refractivity (Wildman–Crippen MR) is 97.9 cm³/mol. The van der Waals surface area contributed by atoms with Crippen LogP contribution in [-0.4, -0.2) is 47.3 Å². The lowest BCUT2D eigenvalue weighted by Crippen LogP contribution is -2.30. The minimum Gasteiger partial charge on any atom is -0.379 e. The molecule has 0 spiro atoms. The lowest BCUT2D eigenvalue weighted by molar-refractivity contribution is 0.185. The predicted octanol–water partition coefficient (Wildman–Crippen LogP) is 2.45. The molecule has 25 heavy (non-hydrogen) atoms. The number of rotatable bonds is 5. The third-order valence-corrected chi connectivity index (χ3v) is 5.01. The summed E-state index contributed by atoms with van der Waals surface area (Å²) in [6.45, 7) is 5.65. The van der Waals surface area contributed by atoms with E-state index in [4.69, 9.17) is 9.72 Å². The summed E-state index contributed by atoms with van der Waals surface area (Å²) >= 11 is 0. The molecule has 2 aromatic rings. The van der Waals surface area contributed by atoms with Crippen molar-refractivity contribution in [3.8, 4) is 0 Å². The van der Waals surface area contributed by atoms with Gasteiger partial charge in [0.15, 0.2) is 0 Å². The Labute approximate surface area is 148 Å². The van der Waals surface area contributed by atoms with Crippen LogP contribution in [-0.2, 0) is 11.2 Å². The molecule has 0 bridgehead atoms. The van der Waals surface area contributed by atoms with Gasteiger partial charge < -0.3 is 15.0 Å². The van der Waals surface area contributed by atoms with Crippen molar-refractivity contribution in [3.05, 3.63) is 41.9 Å². The summed E-state index contributed by atoms with van der Waals surface area (Å²) in [7, 11) is 0. The Morgan fingerprint density at radius 1 is 1.16 bits per heavy atom. The number of ether oxygens (including phenoxy) is 1. The van der Waals surface area contributed by atoms with Crippen molar-refractivity contribution < 1.29 is 4.74 Å². The summed E-state index contributed by atoms with van der Waals surface area (Å²) in [5.41, 5.74) is 2.30. The van der Waals surface area contributed by atoms with Gasteiger partial charge in [-0.3, -0.25) is 4.98 Å². The fourth-order valence-corrected chi connectivity index (χ4v) is 3.66. The Kier molecular flexibility index (Phi) is 4.78. The molecule has 0 saturated carbocycles. The van der Waals surface area contributed by atoms with Crippen LogP contribution in [0.5, 0.6) is 0 Å². The Morgan fingerprint density at radius 2 is 1.96 bits per heavy atom. The molecule has 1 N–H and O–H groups in total. The van der Waals surface area contributed by atoms with Crippen molar-refractivity contribution in [2.45, 2.75) is 32.2 Å². The molecule has 4 rings (SSSR count). The van der Waals surface area contributed by atoms with Gasteiger partial charge >= 0.3 is 0 Å². The number of hydrogen-bond acceptors (Lipinski definition) is 6. The number of anilines is 2. The van der Waals surface area contributed by atoms with Gasteiger partial charge in [0, 0.05) is 43.2 Å². The standard InChI is InChI=1S/C19H25N5O/c1-14-10-18(23-19(21-14)24-8-2-3-9-24)22-17-13-25-12-16(17)11-15-4-6-20-7-5-15/h4-7,10,16-17H,2-3,8-9,11-13H2,1H3,(H,21,22,23). The highest BCUT2D eigenvalue weighted by Gasteiger charge is 2.29. The summed E-state index contributed by atoms with van der Waals surface area (Å²) in [5, 5.41) is 3.60. The van der Waals surface area contributed by atoms with Crippen LogP contribution in [0.1, 0.15) is 24.1 Å². The fourth-order valence-electron chi connectivity index (χ4n) is 3.66. The second-order valence-corrected chi connectivity index (χ2v) is 7.00. The molecule has 2 fully saturated rings. The van der Waals surface area contributed by atoms with E-state index in [1.54, 1.807) is 0 Å². The minimum atomic E-state index is 0.272. The second-order valence-electron chi connectivity index (χ2n) is 7.00. The normalized spacial score (nSPS) is 23.2. The van der Waals surface area contributed by atoms with Gasteiger partial charge in [0.25, 0.3) is 0 Å². The quantitative estimate of drug-likeness (QED) is 0.903. The van der Waals surface area contributed by atoms with Gasteiger partial charge in [-0.25, -0.2) is 4.98 Å². The zero-order valence-corrected chi connectivity index (χ0v) is 14.7. The monoisotopic (exact) mass is 339 g/mol. The largest absolute Gasteiger partial charge is 0.379 e. The molecule has 2 aliphatic heterocycles. The Bertz CT molecular complexity index is 702. The molecule has 2 aliphatic rings. The Hall–Kier alpha value is -2.21. The van der Waals surface area contributed by atoms with Crippen LogP contribution in [0.15, 0.2) is 30.6 Å². The zero-order chi connectivity index (χ0) is 17.1. The van der Waals surface area contributed by atoms with E-state index in [1.807, 2.05) is 25.4 Å². The SMILES string of the molecule is Cc1cc(NC2COCC2Cc2ccncc2)nc(N2CCCC2)n1. The number of pyridine rings is 1. The number of nitrogens with zero attached hydrogens (tertiary/aromatic N) is 4. The van der Waals surface area contributed by atoms with Crippen LogP contribution in [0.2, 0.25) is 0 Å². The van der Waals surface area contributed by atoms with Crippen LogP contribution < -0.4 is 10.2 Å². The Balaban J connectivity index is 1.47. The fraction of sp³-hybridized carbons (Fsp3) is 0.526. The maximum Gasteiger partial charge on any atom is 0.227 e. The summed E-state index contributed by atoms with van der Waals surface area (Å²) in [6, 6.07) is 6.46.